The van der Waals surface area contributed by atoms with E-state index in [9.17, 15) is 4.79 Å². The van der Waals surface area contributed by atoms with Crippen molar-refractivity contribution in [1.29, 1.82) is 0 Å². The Labute approximate surface area is 99.7 Å². The third kappa shape index (κ3) is 4.38. The Morgan fingerprint density at radius 3 is 2.88 bits per heavy atom. The molecule has 2 nitrogen and oxygen atoms in total. The van der Waals surface area contributed by atoms with Gasteiger partial charge in [0.15, 0.2) is 5.78 Å². The van der Waals surface area contributed by atoms with Gasteiger partial charge in [0.1, 0.15) is 0 Å². The van der Waals surface area contributed by atoms with Gasteiger partial charge in [-0.15, -0.1) is 0 Å². The summed E-state index contributed by atoms with van der Waals surface area (Å²) >= 11 is 0. The molecule has 0 unspecified atom stereocenters. The van der Waals surface area contributed by atoms with Crippen LogP contribution in [-0.2, 0) is 4.79 Å². The quantitative estimate of drug-likeness (QED) is 0.688. The van der Waals surface area contributed by atoms with Crippen LogP contribution in [0.25, 0.3) is 0 Å². The summed E-state index contributed by atoms with van der Waals surface area (Å²) in [5.41, 5.74) is 1.05. The second-order valence-electron chi connectivity index (χ2n) is 5.15. The van der Waals surface area contributed by atoms with Crippen LogP contribution in [0.2, 0.25) is 0 Å². The average molecular weight is 223 g/mol. The Balaban J connectivity index is 2.48. The topological polar surface area (TPSA) is 20.3 Å². The molecule has 0 aromatic heterocycles. The van der Waals surface area contributed by atoms with Gasteiger partial charge in [-0.1, -0.05) is 20.8 Å². The molecule has 2 heteroatoms. The summed E-state index contributed by atoms with van der Waals surface area (Å²) in [4.78, 5) is 14.1. The minimum Gasteiger partial charge on any atom is -0.377 e. The van der Waals surface area contributed by atoms with E-state index < -0.39 is 0 Å². The fourth-order valence-electron chi connectivity index (χ4n) is 2.02. The summed E-state index contributed by atoms with van der Waals surface area (Å²) in [7, 11) is 0. The summed E-state index contributed by atoms with van der Waals surface area (Å²) in [6, 6.07) is 0. The van der Waals surface area contributed by atoms with Crippen molar-refractivity contribution in [3.05, 3.63) is 11.8 Å². The molecule has 0 saturated carbocycles. The molecule has 0 amide bonds. The first-order valence-electron chi connectivity index (χ1n) is 6.61. The summed E-state index contributed by atoms with van der Waals surface area (Å²) < 4.78 is 0. The van der Waals surface area contributed by atoms with Gasteiger partial charge in [-0.25, -0.2) is 0 Å². The van der Waals surface area contributed by atoms with Crippen molar-refractivity contribution in [3.8, 4) is 0 Å². The van der Waals surface area contributed by atoms with E-state index in [0.29, 0.717) is 12.2 Å². The van der Waals surface area contributed by atoms with Crippen molar-refractivity contribution >= 4 is 5.78 Å². The van der Waals surface area contributed by atoms with Crippen LogP contribution in [0.3, 0.4) is 0 Å². The fourth-order valence-corrected chi connectivity index (χ4v) is 2.02. The number of rotatable bonds is 6. The smallest absolute Gasteiger partial charge is 0.160 e. The minimum atomic E-state index is 0.358. The molecule has 0 aliphatic carbocycles. The number of hydrogen-bond donors (Lipinski definition) is 0. The molecule has 0 radical (unpaired) electrons. The number of carbonyl (C=O) groups is 1. The maximum absolute atomic E-state index is 11.8. The molecule has 1 heterocycles. The van der Waals surface area contributed by atoms with Gasteiger partial charge in [0.25, 0.3) is 0 Å². The second-order valence-corrected chi connectivity index (χ2v) is 5.15. The summed E-state index contributed by atoms with van der Waals surface area (Å²) in [6.45, 7) is 8.78. The molecule has 0 bridgehead atoms. The van der Waals surface area contributed by atoms with Gasteiger partial charge in [0.2, 0.25) is 0 Å². The first-order chi connectivity index (χ1) is 7.63. The fraction of sp³-hybridized carbons (Fsp3) is 0.786. The van der Waals surface area contributed by atoms with Crippen LogP contribution < -0.4 is 0 Å². The molecule has 16 heavy (non-hydrogen) atoms. The Kier molecular flexibility index (Phi) is 5.58. The molecular weight excluding hydrogens is 198 g/mol. The monoisotopic (exact) mass is 223 g/mol. The lowest BCUT2D eigenvalue weighted by atomic mass is 10.00. The molecule has 0 saturated heterocycles. The number of nitrogens with zero attached hydrogens (tertiary/aromatic N) is 1. The maximum Gasteiger partial charge on any atom is 0.160 e. The molecule has 1 aliphatic rings. The number of carbonyl (C=O) groups excluding carboxylic acids is 1. The Morgan fingerprint density at radius 2 is 2.25 bits per heavy atom. The van der Waals surface area contributed by atoms with E-state index >= 15 is 0 Å². The number of Topliss-reactive ketones (excluding diaryl/α,β-unsaturated/α-hetero) is 1. The normalized spacial score (nSPS) is 16.5. The van der Waals surface area contributed by atoms with Crippen LogP contribution in [0.1, 0.15) is 52.9 Å². The van der Waals surface area contributed by atoms with Crippen molar-refractivity contribution in [2.75, 3.05) is 13.1 Å². The van der Waals surface area contributed by atoms with Gasteiger partial charge in [0.05, 0.1) is 0 Å². The molecule has 1 aliphatic heterocycles. The Morgan fingerprint density at radius 1 is 1.50 bits per heavy atom. The second kappa shape index (κ2) is 6.72. The molecule has 0 N–H and O–H groups in total. The van der Waals surface area contributed by atoms with Gasteiger partial charge in [-0.3, -0.25) is 4.79 Å². The Bertz CT molecular complexity index is 255. The summed E-state index contributed by atoms with van der Waals surface area (Å²) in [5, 5.41) is 0. The summed E-state index contributed by atoms with van der Waals surface area (Å²) in [5.74, 6) is 1.10. The molecule has 1 rings (SSSR count). The van der Waals surface area contributed by atoms with E-state index in [1.165, 1.54) is 6.42 Å². The van der Waals surface area contributed by atoms with Crippen LogP contribution in [0.4, 0.5) is 0 Å². The standard InChI is InChI=1S/C14H25NO/c1-4-6-14(16)13-7-5-9-15(11-13)10-8-12(2)3/h11-12H,4-10H2,1-3H3. The zero-order valence-electron chi connectivity index (χ0n) is 11.0. The lowest BCUT2D eigenvalue weighted by Gasteiger charge is -2.27. The SMILES string of the molecule is CCCC(=O)C1=CN(CCC(C)C)CCC1. The van der Waals surface area contributed by atoms with Crippen molar-refractivity contribution in [3.63, 3.8) is 0 Å². The first-order valence-corrected chi connectivity index (χ1v) is 6.61. The van der Waals surface area contributed by atoms with E-state index in [1.807, 2.05) is 0 Å². The van der Waals surface area contributed by atoms with Gasteiger partial charge in [-0.05, 0) is 31.6 Å². The lowest BCUT2D eigenvalue weighted by Crippen LogP contribution is -2.26. The third-order valence-corrected chi connectivity index (χ3v) is 3.06. The molecular formula is C14H25NO. The van der Waals surface area contributed by atoms with Crippen LogP contribution in [0, 0.1) is 5.92 Å². The molecule has 0 spiro atoms. The molecule has 0 atom stereocenters. The van der Waals surface area contributed by atoms with Crippen LogP contribution in [0.5, 0.6) is 0 Å². The summed E-state index contributed by atoms with van der Waals surface area (Å²) in [6.07, 6.45) is 7.12. The third-order valence-electron chi connectivity index (χ3n) is 3.06. The van der Waals surface area contributed by atoms with Gasteiger partial charge < -0.3 is 4.90 Å². The van der Waals surface area contributed by atoms with E-state index in [0.717, 1.165) is 43.8 Å². The number of allylic oxidation sites excluding steroid dienone is 1. The van der Waals surface area contributed by atoms with Crippen LogP contribution in [0.15, 0.2) is 11.8 Å². The highest BCUT2D eigenvalue weighted by atomic mass is 16.1. The molecule has 0 aromatic carbocycles. The predicted octanol–water partition coefficient (Wildman–Crippen LogP) is 3.38. The van der Waals surface area contributed by atoms with Crippen molar-refractivity contribution in [2.24, 2.45) is 5.92 Å². The van der Waals surface area contributed by atoms with E-state index in [2.05, 4.69) is 31.9 Å². The molecule has 0 fully saturated rings. The zero-order valence-corrected chi connectivity index (χ0v) is 11.0. The van der Waals surface area contributed by atoms with Crippen LogP contribution >= 0.6 is 0 Å². The zero-order chi connectivity index (χ0) is 12.0. The van der Waals surface area contributed by atoms with Crippen LogP contribution in [-0.4, -0.2) is 23.8 Å². The van der Waals surface area contributed by atoms with Gasteiger partial charge in [-0.2, -0.15) is 0 Å². The molecule has 92 valence electrons. The highest BCUT2D eigenvalue weighted by Crippen LogP contribution is 2.18. The Hall–Kier alpha value is -0.790. The average Bonchev–Trinajstić information content (AvgIpc) is 2.27. The van der Waals surface area contributed by atoms with E-state index in [4.69, 9.17) is 0 Å². The van der Waals surface area contributed by atoms with Crippen molar-refractivity contribution in [2.45, 2.75) is 52.9 Å². The maximum atomic E-state index is 11.8. The molecule has 0 aromatic rings. The lowest BCUT2D eigenvalue weighted by molar-refractivity contribution is -0.115. The largest absolute Gasteiger partial charge is 0.377 e. The van der Waals surface area contributed by atoms with Gasteiger partial charge in [0, 0.05) is 31.3 Å². The highest BCUT2D eigenvalue weighted by molar-refractivity contribution is 5.95. The van der Waals surface area contributed by atoms with Crippen molar-refractivity contribution < 1.29 is 4.79 Å². The number of hydrogen-bond acceptors (Lipinski definition) is 2. The highest BCUT2D eigenvalue weighted by Gasteiger charge is 2.15. The first kappa shape index (κ1) is 13.3. The van der Waals surface area contributed by atoms with Crippen molar-refractivity contribution in [1.82, 2.24) is 4.90 Å². The van der Waals surface area contributed by atoms with Gasteiger partial charge >= 0.3 is 0 Å². The van der Waals surface area contributed by atoms with E-state index in [1.54, 1.807) is 0 Å². The number of ketones is 1. The minimum absolute atomic E-state index is 0.358. The predicted molar refractivity (Wildman–Crippen MR) is 68.3 cm³/mol. The van der Waals surface area contributed by atoms with E-state index in [-0.39, 0.29) is 0 Å².